The summed E-state index contributed by atoms with van der Waals surface area (Å²) in [6, 6.07) is 13.6. The Hall–Kier alpha value is -3.15. The molecule has 0 fully saturated rings. The van der Waals surface area contributed by atoms with Crippen LogP contribution in [0.15, 0.2) is 47.3 Å². The molecule has 2 aromatic carbocycles. The first-order valence-electron chi connectivity index (χ1n) is 7.66. The molecule has 0 aliphatic rings. The molecule has 3 aromatic rings. The largest absolute Gasteiger partial charge is 0.351 e. The van der Waals surface area contributed by atoms with Gasteiger partial charge in [0.05, 0.1) is 0 Å². The lowest BCUT2D eigenvalue weighted by Gasteiger charge is -2.12. The minimum atomic E-state index is -0.465. The molecular formula is C18H19N5O. The first-order valence-corrected chi connectivity index (χ1v) is 7.66. The van der Waals surface area contributed by atoms with E-state index in [9.17, 15) is 4.79 Å². The lowest BCUT2D eigenvalue weighted by molar-refractivity contribution is 1.000. The number of aromatic nitrogens is 3. The standard InChI is InChI=1S/C18H19N5O/c1-11-9-13(3)15(10-12(11)2)20-17-21-16(22-18(24)23-17)19-14-7-5-4-6-8-14/h4-10H,1-3H3,(H3,19,20,21,22,23,24). The first kappa shape index (κ1) is 15.7. The van der Waals surface area contributed by atoms with E-state index in [1.165, 1.54) is 5.56 Å². The van der Waals surface area contributed by atoms with Crippen LogP contribution < -0.4 is 16.3 Å². The maximum Gasteiger partial charge on any atom is 0.351 e. The molecule has 0 aliphatic heterocycles. The van der Waals surface area contributed by atoms with E-state index in [2.05, 4.69) is 38.6 Å². The van der Waals surface area contributed by atoms with Gasteiger partial charge in [-0.05, 0) is 55.7 Å². The summed E-state index contributed by atoms with van der Waals surface area (Å²) in [5, 5.41) is 6.18. The van der Waals surface area contributed by atoms with Crippen molar-refractivity contribution in [2.45, 2.75) is 20.8 Å². The molecule has 1 aromatic heterocycles. The molecule has 0 radical (unpaired) electrons. The number of hydrogen-bond acceptors (Lipinski definition) is 5. The topological polar surface area (TPSA) is 82.7 Å². The summed E-state index contributed by atoms with van der Waals surface area (Å²) in [5.74, 6) is 0.591. The third-order valence-electron chi connectivity index (χ3n) is 3.77. The monoisotopic (exact) mass is 321 g/mol. The van der Waals surface area contributed by atoms with Crippen molar-refractivity contribution in [1.82, 2.24) is 15.0 Å². The number of hydrogen-bond donors (Lipinski definition) is 3. The highest BCUT2D eigenvalue weighted by atomic mass is 16.1. The molecule has 1 heterocycles. The van der Waals surface area contributed by atoms with Crippen LogP contribution in [0.1, 0.15) is 16.7 Å². The molecule has 0 saturated carbocycles. The average Bonchev–Trinajstić information content (AvgIpc) is 2.53. The number of rotatable bonds is 4. The fraction of sp³-hybridized carbons (Fsp3) is 0.167. The Kier molecular flexibility index (Phi) is 4.29. The fourth-order valence-corrected chi connectivity index (χ4v) is 2.37. The van der Waals surface area contributed by atoms with E-state index < -0.39 is 5.69 Å². The van der Waals surface area contributed by atoms with Gasteiger partial charge in [-0.25, -0.2) is 4.79 Å². The fourth-order valence-electron chi connectivity index (χ4n) is 2.37. The number of benzene rings is 2. The number of nitrogens with one attached hydrogen (secondary N) is 3. The smallest absolute Gasteiger partial charge is 0.326 e. The Morgan fingerprint density at radius 3 is 2.33 bits per heavy atom. The van der Waals surface area contributed by atoms with Crippen LogP contribution >= 0.6 is 0 Å². The second-order valence-electron chi connectivity index (χ2n) is 5.69. The van der Waals surface area contributed by atoms with Gasteiger partial charge in [-0.3, -0.25) is 4.98 Å². The second-order valence-corrected chi connectivity index (χ2v) is 5.69. The third-order valence-corrected chi connectivity index (χ3v) is 3.77. The van der Waals surface area contributed by atoms with Crippen LogP contribution in [-0.2, 0) is 0 Å². The Balaban J connectivity index is 1.89. The van der Waals surface area contributed by atoms with Crippen molar-refractivity contribution in [3.63, 3.8) is 0 Å². The van der Waals surface area contributed by atoms with Gasteiger partial charge in [0.2, 0.25) is 11.9 Å². The second kappa shape index (κ2) is 6.54. The van der Waals surface area contributed by atoms with Crippen LogP contribution in [0.4, 0.5) is 23.3 Å². The number of nitrogens with zero attached hydrogens (tertiary/aromatic N) is 2. The lowest BCUT2D eigenvalue weighted by atomic mass is 10.1. The third kappa shape index (κ3) is 3.60. The Labute approximate surface area is 140 Å². The molecule has 3 rings (SSSR count). The quantitative estimate of drug-likeness (QED) is 0.684. The van der Waals surface area contributed by atoms with Crippen LogP contribution in [0.3, 0.4) is 0 Å². The molecule has 122 valence electrons. The summed E-state index contributed by atoms with van der Waals surface area (Å²) in [6.07, 6.45) is 0. The summed E-state index contributed by atoms with van der Waals surface area (Å²) < 4.78 is 0. The van der Waals surface area contributed by atoms with Gasteiger partial charge < -0.3 is 10.6 Å². The van der Waals surface area contributed by atoms with E-state index in [0.717, 1.165) is 22.5 Å². The highest BCUT2D eigenvalue weighted by molar-refractivity contribution is 5.61. The molecule has 0 spiro atoms. The highest BCUT2D eigenvalue weighted by Crippen LogP contribution is 2.22. The van der Waals surface area contributed by atoms with E-state index in [-0.39, 0.29) is 5.95 Å². The normalized spacial score (nSPS) is 10.5. The van der Waals surface area contributed by atoms with Gasteiger partial charge in [0.1, 0.15) is 0 Å². The van der Waals surface area contributed by atoms with Crippen molar-refractivity contribution in [3.8, 4) is 0 Å². The molecule has 6 nitrogen and oxygen atoms in total. The summed E-state index contributed by atoms with van der Waals surface area (Å²) in [6.45, 7) is 6.11. The van der Waals surface area contributed by atoms with Crippen molar-refractivity contribution in [2.24, 2.45) is 0 Å². The van der Waals surface area contributed by atoms with Gasteiger partial charge in [0, 0.05) is 11.4 Å². The molecule has 0 saturated heterocycles. The van der Waals surface area contributed by atoms with E-state index in [4.69, 9.17) is 0 Å². The summed E-state index contributed by atoms with van der Waals surface area (Å²) in [4.78, 5) is 22.6. The Bertz CT molecular complexity index is 918. The van der Waals surface area contributed by atoms with Gasteiger partial charge in [0.15, 0.2) is 0 Å². The van der Waals surface area contributed by atoms with Crippen molar-refractivity contribution in [3.05, 3.63) is 69.6 Å². The van der Waals surface area contributed by atoms with Crippen LogP contribution in [-0.4, -0.2) is 15.0 Å². The summed E-state index contributed by atoms with van der Waals surface area (Å²) >= 11 is 0. The van der Waals surface area contributed by atoms with Crippen molar-refractivity contribution >= 4 is 23.3 Å². The Morgan fingerprint density at radius 1 is 0.875 bits per heavy atom. The van der Waals surface area contributed by atoms with Crippen molar-refractivity contribution in [2.75, 3.05) is 10.6 Å². The van der Waals surface area contributed by atoms with Crippen LogP contribution in [0, 0.1) is 20.8 Å². The SMILES string of the molecule is Cc1cc(C)c(Nc2nc(Nc3ccccc3)[nH]c(=O)n2)cc1C. The number of aromatic amines is 1. The van der Waals surface area contributed by atoms with Gasteiger partial charge in [0.25, 0.3) is 0 Å². The molecule has 0 amide bonds. The minimum Gasteiger partial charge on any atom is -0.326 e. The Morgan fingerprint density at radius 2 is 1.58 bits per heavy atom. The zero-order valence-electron chi connectivity index (χ0n) is 13.8. The first-order chi connectivity index (χ1) is 11.5. The molecule has 0 bridgehead atoms. The average molecular weight is 321 g/mol. The minimum absolute atomic E-state index is 0.253. The molecule has 0 aliphatic carbocycles. The number of anilines is 4. The van der Waals surface area contributed by atoms with Crippen molar-refractivity contribution in [1.29, 1.82) is 0 Å². The van der Waals surface area contributed by atoms with E-state index >= 15 is 0 Å². The molecule has 6 heteroatoms. The highest BCUT2D eigenvalue weighted by Gasteiger charge is 2.07. The number of aryl methyl sites for hydroxylation is 3. The van der Waals surface area contributed by atoms with Crippen molar-refractivity contribution < 1.29 is 0 Å². The zero-order valence-corrected chi connectivity index (χ0v) is 13.8. The van der Waals surface area contributed by atoms with Crippen LogP contribution in [0.5, 0.6) is 0 Å². The van der Waals surface area contributed by atoms with Gasteiger partial charge >= 0.3 is 5.69 Å². The molecular weight excluding hydrogens is 302 g/mol. The van der Waals surface area contributed by atoms with Gasteiger partial charge in [-0.1, -0.05) is 24.3 Å². The van der Waals surface area contributed by atoms with Crippen LogP contribution in [0.25, 0.3) is 0 Å². The van der Waals surface area contributed by atoms with Crippen LogP contribution in [0.2, 0.25) is 0 Å². The predicted octanol–water partition coefficient (Wildman–Crippen LogP) is 3.58. The molecule has 24 heavy (non-hydrogen) atoms. The molecule has 3 N–H and O–H groups in total. The maximum absolute atomic E-state index is 11.8. The van der Waals surface area contributed by atoms with E-state index in [0.29, 0.717) is 5.95 Å². The zero-order chi connectivity index (χ0) is 17.1. The number of H-pyrrole nitrogens is 1. The summed E-state index contributed by atoms with van der Waals surface area (Å²) in [7, 11) is 0. The van der Waals surface area contributed by atoms with Gasteiger partial charge in [-0.15, -0.1) is 0 Å². The molecule has 0 unspecified atom stereocenters. The predicted molar refractivity (Wildman–Crippen MR) is 96.3 cm³/mol. The summed E-state index contributed by atoms with van der Waals surface area (Å²) in [5.41, 5.74) is 4.70. The lowest BCUT2D eigenvalue weighted by Crippen LogP contribution is -2.16. The maximum atomic E-state index is 11.8. The van der Waals surface area contributed by atoms with E-state index in [1.54, 1.807) is 0 Å². The number of para-hydroxylation sites is 1. The molecule has 0 atom stereocenters. The van der Waals surface area contributed by atoms with Gasteiger partial charge in [-0.2, -0.15) is 9.97 Å². The van der Waals surface area contributed by atoms with E-state index in [1.807, 2.05) is 50.2 Å².